The van der Waals surface area contributed by atoms with E-state index in [4.69, 9.17) is 19.0 Å². The van der Waals surface area contributed by atoms with E-state index in [1.54, 1.807) is 0 Å². The number of aromatic carboxylic acids is 1. The third-order valence-electron chi connectivity index (χ3n) is 2.13. The Hall–Kier alpha value is -1.66. The molecule has 0 amide bonds. The van der Waals surface area contributed by atoms with Crippen molar-refractivity contribution in [3.8, 4) is 0 Å². The predicted molar refractivity (Wildman–Crippen MR) is 50.3 cm³/mol. The van der Waals surface area contributed by atoms with Crippen LogP contribution in [0.4, 0.5) is 0 Å². The molecule has 1 aliphatic rings. The minimum absolute atomic E-state index is 0.0106. The van der Waals surface area contributed by atoms with E-state index in [1.165, 1.54) is 12.1 Å². The number of carbonyl (C=O) groups is 2. The Morgan fingerprint density at radius 1 is 1.25 bits per heavy atom. The maximum atomic E-state index is 11.6. The summed E-state index contributed by atoms with van der Waals surface area (Å²) in [6.45, 7) is 0.937. The van der Waals surface area contributed by atoms with E-state index in [1.807, 2.05) is 0 Å². The molecule has 1 fully saturated rings. The number of furan rings is 1. The topological polar surface area (TPSA) is 86.0 Å². The summed E-state index contributed by atoms with van der Waals surface area (Å²) >= 11 is 0. The molecule has 0 aromatic carbocycles. The molecule has 16 heavy (non-hydrogen) atoms. The number of carboxylic acid groups (broad SMARTS) is 1. The highest BCUT2D eigenvalue weighted by Gasteiger charge is 2.23. The van der Waals surface area contributed by atoms with Gasteiger partial charge in [-0.05, 0) is 12.1 Å². The fourth-order valence-corrected chi connectivity index (χ4v) is 1.38. The van der Waals surface area contributed by atoms with Gasteiger partial charge in [0.05, 0.1) is 19.6 Å². The number of rotatable bonds is 4. The molecule has 6 heteroatoms. The van der Waals surface area contributed by atoms with E-state index >= 15 is 0 Å². The fraction of sp³-hybridized carbons (Fsp3) is 0.400. The molecule has 6 nitrogen and oxygen atoms in total. The molecule has 0 saturated carbocycles. The lowest BCUT2D eigenvalue weighted by Crippen LogP contribution is -2.14. The summed E-state index contributed by atoms with van der Waals surface area (Å²) in [6, 6.07) is 2.58. The van der Waals surface area contributed by atoms with Gasteiger partial charge in [0.2, 0.25) is 11.5 Å². The van der Waals surface area contributed by atoms with Crippen molar-refractivity contribution in [3.63, 3.8) is 0 Å². The first-order chi connectivity index (χ1) is 7.66. The van der Waals surface area contributed by atoms with Crippen LogP contribution in [0.15, 0.2) is 16.5 Å². The largest absolute Gasteiger partial charge is 0.475 e. The van der Waals surface area contributed by atoms with Crippen LogP contribution < -0.4 is 0 Å². The highest BCUT2D eigenvalue weighted by molar-refractivity contribution is 5.95. The van der Waals surface area contributed by atoms with Crippen LogP contribution in [0.3, 0.4) is 0 Å². The van der Waals surface area contributed by atoms with Crippen LogP contribution >= 0.6 is 0 Å². The van der Waals surface area contributed by atoms with Crippen LogP contribution in [0, 0.1) is 0 Å². The van der Waals surface area contributed by atoms with Crippen molar-refractivity contribution >= 4 is 11.8 Å². The van der Waals surface area contributed by atoms with Crippen LogP contribution in [0.2, 0.25) is 0 Å². The number of hydrogen-bond acceptors (Lipinski definition) is 5. The molecule has 0 atom stereocenters. The molecule has 1 saturated heterocycles. The van der Waals surface area contributed by atoms with Crippen LogP contribution in [0.1, 0.15) is 27.5 Å². The molecule has 86 valence electrons. The van der Waals surface area contributed by atoms with Gasteiger partial charge >= 0.3 is 5.97 Å². The minimum atomic E-state index is -1.20. The molecular weight excluding hydrogens is 216 g/mol. The van der Waals surface area contributed by atoms with Crippen molar-refractivity contribution in [1.82, 2.24) is 0 Å². The second kappa shape index (κ2) is 4.46. The SMILES string of the molecule is O=C(O)c1ccc(C(=O)CC2OCCO2)o1. The highest BCUT2D eigenvalue weighted by Crippen LogP contribution is 2.15. The standard InChI is InChI=1S/C10H10O6/c11-6(5-9-14-3-4-15-9)7-1-2-8(16-7)10(12)13/h1-2,9H,3-5H2,(H,12,13). The molecule has 0 bridgehead atoms. The van der Waals surface area contributed by atoms with Crippen molar-refractivity contribution in [2.45, 2.75) is 12.7 Å². The summed E-state index contributed by atoms with van der Waals surface area (Å²) in [5, 5.41) is 8.61. The Morgan fingerprint density at radius 2 is 1.88 bits per heavy atom. The molecule has 2 rings (SSSR count). The summed E-state index contributed by atoms with van der Waals surface area (Å²) in [5.41, 5.74) is 0. The number of carboxylic acids is 1. The molecule has 1 aliphatic heterocycles. The van der Waals surface area contributed by atoms with Gasteiger partial charge in [-0.2, -0.15) is 0 Å². The lowest BCUT2D eigenvalue weighted by Gasteiger charge is -2.05. The van der Waals surface area contributed by atoms with Crippen LogP contribution in [-0.2, 0) is 9.47 Å². The zero-order valence-corrected chi connectivity index (χ0v) is 8.34. The van der Waals surface area contributed by atoms with E-state index in [2.05, 4.69) is 0 Å². The normalized spacial score (nSPS) is 16.5. The number of ether oxygens (including phenoxy) is 2. The maximum Gasteiger partial charge on any atom is 0.371 e. The van der Waals surface area contributed by atoms with E-state index in [-0.39, 0.29) is 23.7 Å². The van der Waals surface area contributed by atoms with Crippen molar-refractivity contribution < 1.29 is 28.6 Å². The molecule has 0 spiro atoms. The van der Waals surface area contributed by atoms with Gasteiger partial charge in [-0.25, -0.2) is 4.79 Å². The smallest absolute Gasteiger partial charge is 0.371 e. The van der Waals surface area contributed by atoms with Crippen molar-refractivity contribution in [1.29, 1.82) is 0 Å². The highest BCUT2D eigenvalue weighted by atomic mass is 16.7. The molecule has 0 unspecified atom stereocenters. The number of hydrogen-bond donors (Lipinski definition) is 1. The van der Waals surface area contributed by atoms with Gasteiger partial charge in [-0.3, -0.25) is 4.79 Å². The van der Waals surface area contributed by atoms with E-state index in [0.717, 1.165) is 0 Å². The first kappa shape index (κ1) is 10.8. The lowest BCUT2D eigenvalue weighted by atomic mass is 10.2. The Morgan fingerprint density at radius 3 is 2.44 bits per heavy atom. The first-order valence-corrected chi connectivity index (χ1v) is 4.76. The number of Topliss-reactive ketones (excluding diaryl/α,β-unsaturated/α-hetero) is 1. The first-order valence-electron chi connectivity index (χ1n) is 4.76. The van der Waals surface area contributed by atoms with Crippen molar-refractivity contribution in [3.05, 3.63) is 23.7 Å². The van der Waals surface area contributed by atoms with Gasteiger partial charge in [-0.1, -0.05) is 0 Å². The molecule has 1 N–H and O–H groups in total. The van der Waals surface area contributed by atoms with Gasteiger partial charge in [0.1, 0.15) is 0 Å². The Bertz CT molecular complexity index is 401. The van der Waals surface area contributed by atoms with Crippen molar-refractivity contribution in [2.24, 2.45) is 0 Å². The van der Waals surface area contributed by atoms with Gasteiger partial charge in [0.15, 0.2) is 12.1 Å². The fourth-order valence-electron chi connectivity index (χ4n) is 1.38. The quantitative estimate of drug-likeness (QED) is 0.768. The second-order valence-corrected chi connectivity index (χ2v) is 3.27. The third-order valence-corrected chi connectivity index (χ3v) is 2.13. The van der Waals surface area contributed by atoms with Gasteiger partial charge in [-0.15, -0.1) is 0 Å². The van der Waals surface area contributed by atoms with Gasteiger partial charge in [0.25, 0.3) is 0 Å². The number of ketones is 1. The summed E-state index contributed by atoms with van der Waals surface area (Å²) in [6.07, 6.45) is -0.516. The zero-order chi connectivity index (χ0) is 11.5. The third kappa shape index (κ3) is 2.29. The van der Waals surface area contributed by atoms with Crippen LogP contribution in [-0.4, -0.2) is 36.4 Å². The lowest BCUT2D eigenvalue weighted by molar-refractivity contribution is -0.0411. The summed E-state index contributed by atoms with van der Waals surface area (Å²) in [4.78, 5) is 22.1. The van der Waals surface area contributed by atoms with Crippen molar-refractivity contribution in [2.75, 3.05) is 13.2 Å². The Balaban J connectivity index is 1.99. The van der Waals surface area contributed by atoms with E-state index in [9.17, 15) is 9.59 Å². The van der Waals surface area contributed by atoms with Crippen LogP contribution in [0.25, 0.3) is 0 Å². The average Bonchev–Trinajstić information content (AvgIpc) is 2.86. The number of carbonyl (C=O) groups excluding carboxylic acids is 1. The summed E-state index contributed by atoms with van der Waals surface area (Å²) in [7, 11) is 0. The molecule has 1 aromatic heterocycles. The molecule has 0 radical (unpaired) electrons. The molecule has 0 aliphatic carbocycles. The molecule has 2 heterocycles. The zero-order valence-electron chi connectivity index (χ0n) is 8.34. The predicted octanol–water partition coefficient (Wildman–Crippen LogP) is 0.923. The maximum absolute atomic E-state index is 11.6. The average molecular weight is 226 g/mol. The second-order valence-electron chi connectivity index (χ2n) is 3.27. The van der Waals surface area contributed by atoms with Crippen LogP contribution in [0.5, 0.6) is 0 Å². The Kier molecular flexibility index (Phi) is 3.02. The van der Waals surface area contributed by atoms with Gasteiger partial charge < -0.3 is 19.0 Å². The summed E-state index contributed by atoms with van der Waals surface area (Å²) < 4.78 is 15.1. The van der Waals surface area contributed by atoms with E-state index < -0.39 is 12.3 Å². The van der Waals surface area contributed by atoms with E-state index in [0.29, 0.717) is 13.2 Å². The summed E-state index contributed by atoms with van der Waals surface area (Å²) in [5.74, 6) is -1.78. The monoisotopic (exact) mass is 226 g/mol. The Labute approximate surface area is 90.8 Å². The molecular formula is C10H10O6. The van der Waals surface area contributed by atoms with Gasteiger partial charge in [0, 0.05) is 0 Å². The minimum Gasteiger partial charge on any atom is -0.475 e. The molecule has 1 aromatic rings.